The molecule has 6 heteroatoms. The molecular formula is C26H26BrNO4. The van der Waals surface area contributed by atoms with Crippen LogP contribution in [-0.2, 0) is 14.3 Å². The second-order valence-corrected chi connectivity index (χ2v) is 8.89. The summed E-state index contributed by atoms with van der Waals surface area (Å²) >= 11 is 3.63. The standard InChI is InChI=1S/C26H26BrNO4/c1-4-32-26(30)23-15(2)28-21-13-17(16-8-7-9-18(12-16)31-3)14-22(29)25(21)24(23)19-10-5-6-11-20(19)27/h5-12,17,24,28H,4,13-14H2,1-3H3. The van der Waals surface area contributed by atoms with Gasteiger partial charge in [-0.1, -0.05) is 46.3 Å². The highest BCUT2D eigenvalue weighted by Crippen LogP contribution is 2.47. The van der Waals surface area contributed by atoms with Crippen molar-refractivity contribution in [3.05, 3.63) is 86.7 Å². The second kappa shape index (κ2) is 9.33. The van der Waals surface area contributed by atoms with E-state index in [9.17, 15) is 9.59 Å². The van der Waals surface area contributed by atoms with Gasteiger partial charge in [-0.2, -0.15) is 0 Å². The zero-order valence-corrected chi connectivity index (χ0v) is 20.0. The summed E-state index contributed by atoms with van der Waals surface area (Å²) in [5.74, 6) is -0.00692. The fraction of sp³-hybridized carbons (Fsp3) is 0.308. The topological polar surface area (TPSA) is 64.6 Å². The molecule has 0 amide bonds. The molecule has 2 aliphatic rings. The Kier molecular flexibility index (Phi) is 6.51. The van der Waals surface area contributed by atoms with E-state index in [0.29, 0.717) is 24.0 Å². The van der Waals surface area contributed by atoms with Gasteiger partial charge in [-0.25, -0.2) is 4.79 Å². The summed E-state index contributed by atoms with van der Waals surface area (Å²) in [6.45, 7) is 3.93. The van der Waals surface area contributed by atoms with Gasteiger partial charge in [0.2, 0.25) is 0 Å². The summed E-state index contributed by atoms with van der Waals surface area (Å²) in [7, 11) is 1.64. The third-order valence-electron chi connectivity index (χ3n) is 6.10. The minimum absolute atomic E-state index is 0.0423. The quantitative estimate of drug-likeness (QED) is 0.563. The highest BCUT2D eigenvalue weighted by molar-refractivity contribution is 9.10. The number of dihydropyridines is 1. The molecule has 0 saturated heterocycles. The van der Waals surface area contributed by atoms with Crippen molar-refractivity contribution in [2.75, 3.05) is 13.7 Å². The maximum atomic E-state index is 13.6. The van der Waals surface area contributed by atoms with Gasteiger partial charge in [0.15, 0.2) is 5.78 Å². The van der Waals surface area contributed by atoms with E-state index in [1.807, 2.05) is 55.5 Å². The summed E-state index contributed by atoms with van der Waals surface area (Å²) in [6, 6.07) is 15.6. The number of hydrogen-bond donors (Lipinski definition) is 1. The Hall–Kier alpha value is -2.86. The average molecular weight is 496 g/mol. The van der Waals surface area contributed by atoms with Crippen molar-refractivity contribution in [3.63, 3.8) is 0 Å². The van der Waals surface area contributed by atoms with Crippen molar-refractivity contribution < 1.29 is 19.1 Å². The lowest BCUT2D eigenvalue weighted by molar-refractivity contribution is -0.138. The molecule has 4 rings (SSSR count). The molecule has 1 heterocycles. The van der Waals surface area contributed by atoms with Crippen LogP contribution in [-0.4, -0.2) is 25.5 Å². The molecule has 1 N–H and O–H groups in total. The minimum atomic E-state index is -0.473. The molecule has 0 fully saturated rings. The number of carbonyl (C=O) groups excluding carboxylic acids is 2. The molecule has 0 bridgehead atoms. The second-order valence-electron chi connectivity index (χ2n) is 8.04. The Labute approximate surface area is 196 Å². The molecule has 166 valence electrons. The van der Waals surface area contributed by atoms with Gasteiger partial charge < -0.3 is 14.8 Å². The lowest BCUT2D eigenvalue weighted by Gasteiger charge is -2.37. The van der Waals surface area contributed by atoms with Gasteiger partial charge in [0.1, 0.15) is 5.75 Å². The molecule has 0 spiro atoms. The predicted molar refractivity (Wildman–Crippen MR) is 126 cm³/mol. The molecule has 2 atom stereocenters. The van der Waals surface area contributed by atoms with E-state index in [0.717, 1.165) is 32.7 Å². The summed E-state index contributed by atoms with van der Waals surface area (Å²) in [5, 5.41) is 3.38. The highest BCUT2D eigenvalue weighted by atomic mass is 79.9. The van der Waals surface area contributed by atoms with Crippen molar-refractivity contribution in [1.82, 2.24) is 5.32 Å². The Morgan fingerprint density at radius 3 is 2.66 bits per heavy atom. The zero-order chi connectivity index (χ0) is 22.8. The van der Waals surface area contributed by atoms with E-state index in [4.69, 9.17) is 9.47 Å². The smallest absolute Gasteiger partial charge is 0.336 e. The molecule has 5 nitrogen and oxygen atoms in total. The lowest BCUT2D eigenvalue weighted by atomic mass is 9.71. The number of halogens is 1. The van der Waals surface area contributed by atoms with Crippen LogP contribution >= 0.6 is 15.9 Å². The fourth-order valence-electron chi connectivity index (χ4n) is 4.67. The van der Waals surface area contributed by atoms with E-state index < -0.39 is 11.9 Å². The number of ether oxygens (including phenoxy) is 2. The summed E-state index contributed by atoms with van der Waals surface area (Å²) < 4.78 is 11.6. The highest BCUT2D eigenvalue weighted by Gasteiger charge is 2.42. The lowest BCUT2D eigenvalue weighted by Crippen LogP contribution is -2.36. The predicted octanol–water partition coefficient (Wildman–Crippen LogP) is 5.38. The first-order valence-corrected chi connectivity index (χ1v) is 11.5. The average Bonchev–Trinajstić information content (AvgIpc) is 2.78. The molecule has 2 aromatic rings. The van der Waals surface area contributed by atoms with Crippen molar-refractivity contribution in [2.24, 2.45) is 0 Å². The summed E-state index contributed by atoms with van der Waals surface area (Å²) in [6.07, 6.45) is 1.06. The first-order chi connectivity index (χ1) is 15.4. The number of ketones is 1. The molecule has 2 aromatic carbocycles. The van der Waals surface area contributed by atoms with Crippen LogP contribution in [0.5, 0.6) is 5.75 Å². The Morgan fingerprint density at radius 2 is 1.94 bits per heavy atom. The van der Waals surface area contributed by atoms with Crippen LogP contribution in [0.3, 0.4) is 0 Å². The van der Waals surface area contributed by atoms with Gasteiger partial charge in [-0.05, 0) is 55.5 Å². The summed E-state index contributed by atoms with van der Waals surface area (Å²) in [5.41, 5.74) is 4.70. The number of carbonyl (C=O) groups is 2. The maximum Gasteiger partial charge on any atom is 0.336 e. The van der Waals surface area contributed by atoms with Crippen molar-refractivity contribution in [1.29, 1.82) is 0 Å². The minimum Gasteiger partial charge on any atom is -0.497 e. The van der Waals surface area contributed by atoms with Gasteiger partial charge in [-0.15, -0.1) is 0 Å². The van der Waals surface area contributed by atoms with Crippen LogP contribution in [0.25, 0.3) is 0 Å². The molecule has 0 radical (unpaired) electrons. The normalized spacial score (nSPS) is 20.6. The third-order valence-corrected chi connectivity index (χ3v) is 6.83. The van der Waals surface area contributed by atoms with Crippen LogP contribution in [0, 0.1) is 0 Å². The number of methoxy groups -OCH3 is 1. The molecule has 1 aliphatic carbocycles. The monoisotopic (exact) mass is 495 g/mol. The Balaban J connectivity index is 1.80. The van der Waals surface area contributed by atoms with Crippen molar-refractivity contribution in [3.8, 4) is 5.75 Å². The maximum absolute atomic E-state index is 13.6. The van der Waals surface area contributed by atoms with Crippen LogP contribution in [0.2, 0.25) is 0 Å². The number of hydrogen-bond acceptors (Lipinski definition) is 5. The van der Waals surface area contributed by atoms with Crippen LogP contribution in [0.15, 0.2) is 75.5 Å². The van der Waals surface area contributed by atoms with E-state index in [2.05, 4.69) is 21.2 Å². The van der Waals surface area contributed by atoms with E-state index in [1.54, 1.807) is 14.0 Å². The van der Waals surface area contributed by atoms with E-state index >= 15 is 0 Å². The van der Waals surface area contributed by atoms with Gasteiger partial charge >= 0.3 is 5.97 Å². The van der Waals surface area contributed by atoms with E-state index in [-0.39, 0.29) is 18.3 Å². The van der Waals surface area contributed by atoms with Gasteiger partial charge in [0.25, 0.3) is 0 Å². The summed E-state index contributed by atoms with van der Waals surface area (Å²) in [4.78, 5) is 26.5. The Bertz CT molecular complexity index is 1130. The molecule has 0 saturated carbocycles. The number of Topliss-reactive ketones (excluding diaryl/α,β-unsaturated/α-hetero) is 1. The molecule has 32 heavy (non-hydrogen) atoms. The first-order valence-electron chi connectivity index (χ1n) is 10.7. The van der Waals surface area contributed by atoms with Gasteiger partial charge in [-0.3, -0.25) is 4.79 Å². The fourth-order valence-corrected chi connectivity index (χ4v) is 5.18. The number of esters is 1. The number of benzene rings is 2. The number of allylic oxidation sites excluding steroid dienone is 3. The van der Waals surface area contributed by atoms with E-state index in [1.165, 1.54) is 0 Å². The van der Waals surface area contributed by atoms with Crippen LogP contribution < -0.4 is 10.1 Å². The van der Waals surface area contributed by atoms with Gasteiger partial charge in [0, 0.05) is 33.8 Å². The first kappa shape index (κ1) is 22.3. The number of rotatable bonds is 5. The van der Waals surface area contributed by atoms with Gasteiger partial charge in [0.05, 0.1) is 19.3 Å². The van der Waals surface area contributed by atoms with Crippen molar-refractivity contribution >= 4 is 27.7 Å². The molecule has 1 aliphatic heterocycles. The van der Waals surface area contributed by atoms with Crippen LogP contribution in [0.4, 0.5) is 0 Å². The zero-order valence-electron chi connectivity index (χ0n) is 18.4. The Morgan fingerprint density at radius 1 is 1.16 bits per heavy atom. The molecule has 0 aromatic heterocycles. The van der Waals surface area contributed by atoms with Crippen molar-refractivity contribution in [2.45, 2.75) is 38.5 Å². The number of nitrogens with one attached hydrogen (secondary N) is 1. The molecule has 2 unspecified atom stereocenters. The van der Waals surface area contributed by atoms with Crippen LogP contribution in [0.1, 0.15) is 49.7 Å². The largest absolute Gasteiger partial charge is 0.497 e. The SMILES string of the molecule is CCOC(=O)C1=C(C)NC2=C(C(=O)CC(c3cccc(OC)c3)C2)C1c1ccccc1Br. The third kappa shape index (κ3) is 4.11. The molecular weight excluding hydrogens is 470 g/mol.